The normalized spacial score (nSPS) is 15.9. The molecule has 1 aliphatic rings. The molecule has 1 aliphatic heterocycles. The third-order valence-electron chi connectivity index (χ3n) is 4.50. The molecule has 1 saturated heterocycles. The van der Waals surface area contributed by atoms with Gasteiger partial charge in [-0.05, 0) is 62.2 Å². The predicted molar refractivity (Wildman–Crippen MR) is 88.7 cm³/mol. The summed E-state index contributed by atoms with van der Waals surface area (Å²) < 4.78 is 0. The molecule has 0 aliphatic carbocycles. The lowest BCUT2D eigenvalue weighted by Gasteiger charge is -2.22. The molecular weight excluding hydrogens is 260 g/mol. The van der Waals surface area contributed by atoms with Gasteiger partial charge in [0.05, 0.1) is 0 Å². The van der Waals surface area contributed by atoms with E-state index in [1.54, 1.807) is 0 Å². The highest BCUT2D eigenvalue weighted by Crippen LogP contribution is 2.24. The van der Waals surface area contributed by atoms with Gasteiger partial charge >= 0.3 is 0 Å². The van der Waals surface area contributed by atoms with Gasteiger partial charge in [-0.2, -0.15) is 0 Å². The van der Waals surface area contributed by atoms with Crippen molar-refractivity contribution >= 4 is 11.6 Å². The predicted octanol–water partition coefficient (Wildman–Crippen LogP) is 3.53. The van der Waals surface area contributed by atoms with E-state index in [1.165, 1.54) is 24.0 Å². The first-order valence-corrected chi connectivity index (χ1v) is 8.35. The number of rotatable bonds is 6. The summed E-state index contributed by atoms with van der Waals surface area (Å²) >= 11 is 0. The summed E-state index contributed by atoms with van der Waals surface area (Å²) in [6.45, 7) is 6.48. The Kier molecular flexibility index (Phi) is 6.24. The molecule has 0 saturated carbocycles. The van der Waals surface area contributed by atoms with E-state index in [4.69, 9.17) is 0 Å². The second kappa shape index (κ2) is 8.18. The first kappa shape index (κ1) is 16.0. The number of amides is 1. The molecule has 0 atom stereocenters. The maximum absolute atomic E-state index is 12.3. The van der Waals surface area contributed by atoms with Crippen LogP contribution in [0.15, 0.2) is 18.2 Å². The van der Waals surface area contributed by atoms with Gasteiger partial charge in [-0.1, -0.05) is 32.0 Å². The lowest BCUT2D eigenvalue weighted by atomic mass is 9.93. The number of para-hydroxylation sites is 1. The molecule has 1 aromatic carbocycles. The minimum Gasteiger partial charge on any atom is -0.326 e. The second-order valence-corrected chi connectivity index (χ2v) is 5.94. The smallest absolute Gasteiger partial charge is 0.224 e. The van der Waals surface area contributed by atoms with Crippen molar-refractivity contribution in [2.75, 3.05) is 18.4 Å². The van der Waals surface area contributed by atoms with Crippen LogP contribution in [0.25, 0.3) is 0 Å². The SMILES string of the molecule is CCc1cccc(CC)c1NC(=O)CCC1CCNCC1. The van der Waals surface area contributed by atoms with E-state index < -0.39 is 0 Å². The van der Waals surface area contributed by atoms with Crippen LogP contribution in [-0.4, -0.2) is 19.0 Å². The van der Waals surface area contributed by atoms with E-state index in [-0.39, 0.29) is 5.91 Å². The molecule has 3 heteroatoms. The Morgan fingerprint density at radius 1 is 1.19 bits per heavy atom. The summed E-state index contributed by atoms with van der Waals surface area (Å²) in [5.41, 5.74) is 3.53. The number of nitrogens with one attached hydrogen (secondary N) is 2. The van der Waals surface area contributed by atoms with Gasteiger partial charge in [0.25, 0.3) is 0 Å². The zero-order chi connectivity index (χ0) is 15.1. The molecule has 3 nitrogen and oxygen atoms in total. The van der Waals surface area contributed by atoms with Crippen LogP contribution < -0.4 is 10.6 Å². The average Bonchev–Trinajstić information content (AvgIpc) is 2.54. The van der Waals surface area contributed by atoms with Gasteiger partial charge in [0, 0.05) is 12.1 Å². The summed E-state index contributed by atoms with van der Waals surface area (Å²) in [5, 5.41) is 6.54. The van der Waals surface area contributed by atoms with Crippen molar-refractivity contribution in [1.29, 1.82) is 0 Å². The lowest BCUT2D eigenvalue weighted by molar-refractivity contribution is -0.116. The van der Waals surface area contributed by atoms with E-state index in [0.29, 0.717) is 12.3 Å². The van der Waals surface area contributed by atoms with Crippen molar-refractivity contribution in [1.82, 2.24) is 5.32 Å². The molecule has 2 rings (SSSR count). The van der Waals surface area contributed by atoms with Gasteiger partial charge < -0.3 is 10.6 Å². The molecule has 0 unspecified atom stereocenters. The van der Waals surface area contributed by atoms with E-state index in [2.05, 4.69) is 42.7 Å². The molecule has 0 spiro atoms. The summed E-state index contributed by atoms with van der Waals surface area (Å²) in [6.07, 6.45) is 5.99. The van der Waals surface area contributed by atoms with Crippen LogP contribution >= 0.6 is 0 Å². The van der Waals surface area contributed by atoms with E-state index >= 15 is 0 Å². The van der Waals surface area contributed by atoms with Crippen LogP contribution in [0, 0.1) is 5.92 Å². The molecule has 0 radical (unpaired) electrons. The van der Waals surface area contributed by atoms with Crippen molar-refractivity contribution in [3.8, 4) is 0 Å². The van der Waals surface area contributed by atoms with Crippen molar-refractivity contribution in [3.63, 3.8) is 0 Å². The van der Waals surface area contributed by atoms with Crippen LogP contribution in [0.2, 0.25) is 0 Å². The quantitative estimate of drug-likeness (QED) is 0.841. The number of hydrogen-bond donors (Lipinski definition) is 2. The van der Waals surface area contributed by atoms with E-state index in [9.17, 15) is 4.79 Å². The van der Waals surface area contributed by atoms with Crippen LogP contribution in [-0.2, 0) is 17.6 Å². The molecule has 1 aromatic rings. The van der Waals surface area contributed by atoms with Gasteiger partial charge in [-0.3, -0.25) is 4.79 Å². The number of piperidine rings is 1. The Hall–Kier alpha value is -1.35. The van der Waals surface area contributed by atoms with Crippen LogP contribution in [0.1, 0.15) is 50.7 Å². The second-order valence-electron chi connectivity index (χ2n) is 5.94. The highest BCUT2D eigenvalue weighted by atomic mass is 16.1. The minimum absolute atomic E-state index is 0.170. The summed E-state index contributed by atoms with van der Waals surface area (Å²) in [5.74, 6) is 0.883. The van der Waals surface area contributed by atoms with E-state index in [1.807, 2.05) is 0 Å². The zero-order valence-corrected chi connectivity index (χ0v) is 13.4. The fourth-order valence-corrected chi connectivity index (χ4v) is 3.11. The van der Waals surface area contributed by atoms with Gasteiger partial charge in [0.2, 0.25) is 5.91 Å². The van der Waals surface area contributed by atoms with Crippen molar-refractivity contribution in [2.24, 2.45) is 5.92 Å². The fourth-order valence-electron chi connectivity index (χ4n) is 3.11. The lowest BCUT2D eigenvalue weighted by Crippen LogP contribution is -2.28. The summed E-state index contributed by atoms with van der Waals surface area (Å²) in [7, 11) is 0. The molecule has 0 bridgehead atoms. The third kappa shape index (κ3) is 4.57. The van der Waals surface area contributed by atoms with Crippen molar-refractivity contribution in [2.45, 2.75) is 52.4 Å². The summed E-state index contributed by atoms with van der Waals surface area (Å²) in [4.78, 5) is 12.3. The first-order chi connectivity index (χ1) is 10.2. The summed E-state index contributed by atoms with van der Waals surface area (Å²) in [6, 6.07) is 6.31. The average molecular weight is 288 g/mol. The third-order valence-corrected chi connectivity index (χ3v) is 4.50. The molecule has 1 amide bonds. The van der Waals surface area contributed by atoms with Gasteiger partial charge in [-0.15, -0.1) is 0 Å². The standard InChI is InChI=1S/C18H28N2O/c1-3-15-6-5-7-16(4-2)18(15)20-17(21)9-8-14-10-12-19-13-11-14/h5-7,14,19H,3-4,8-13H2,1-2H3,(H,20,21). The van der Waals surface area contributed by atoms with Gasteiger partial charge in [-0.25, -0.2) is 0 Å². The Bertz CT molecular complexity index is 442. The Morgan fingerprint density at radius 2 is 1.81 bits per heavy atom. The minimum atomic E-state index is 0.170. The van der Waals surface area contributed by atoms with E-state index in [0.717, 1.165) is 38.0 Å². The Balaban J connectivity index is 1.92. The topological polar surface area (TPSA) is 41.1 Å². The maximum atomic E-state index is 12.3. The largest absolute Gasteiger partial charge is 0.326 e. The van der Waals surface area contributed by atoms with Crippen LogP contribution in [0.5, 0.6) is 0 Å². The number of carbonyl (C=O) groups excluding carboxylic acids is 1. The van der Waals surface area contributed by atoms with Gasteiger partial charge in [0.1, 0.15) is 0 Å². The number of anilines is 1. The number of carbonyl (C=O) groups is 1. The zero-order valence-electron chi connectivity index (χ0n) is 13.4. The number of aryl methyl sites for hydroxylation is 2. The Morgan fingerprint density at radius 3 is 2.38 bits per heavy atom. The van der Waals surface area contributed by atoms with Crippen LogP contribution in [0.4, 0.5) is 5.69 Å². The maximum Gasteiger partial charge on any atom is 0.224 e. The molecule has 21 heavy (non-hydrogen) atoms. The van der Waals surface area contributed by atoms with Crippen LogP contribution in [0.3, 0.4) is 0 Å². The number of hydrogen-bond acceptors (Lipinski definition) is 2. The molecule has 1 fully saturated rings. The molecule has 0 aromatic heterocycles. The molecule has 1 heterocycles. The monoisotopic (exact) mass is 288 g/mol. The van der Waals surface area contributed by atoms with Crippen molar-refractivity contribution in [3.05, 3.63) is 29.3 Å². The van der Waals surface area contributed by atoms with Crippen molar-refractivity contribution < 1.29 is 4.79 Å². The highest BCUT2D eigenvalue weighted by Gasteiger charge is 2.15. The first-order valence-electron chi connectivity index (χ1n) is 8.35. The molecule has 116 valence electrons. The number of benzene rings is 1. The van der Waals surface area contributed by atoms with Gasteiger partial charge in [0.15, 0.2) is 0 Å². The fraction of sp³-hybridized carbons (Fsp3) is 0.611. The highest BCUT2D eigenvalue weighted by molar-refractivity contribution is 5.92. The molecular formula is C18H28N2O. The Labute approximate surface area is 128 Å². The molecule has 2 N–H and O–H groups in total.